The molecule has 2 aromatic carbocycles. The zero-order valence-corrected chi connectivity index (χ0v) is 16.3. The quantitative estimate of drug-likeness (QED) is 0.571. The Morgan fingerprint density at radius 1 is 1.00 bits per heavy atom. The van der Waals surface area contributed by atoms with E-state index in [0.29, 0.717) is 23.6 Å². The van der Waals surface area contributed by atoms with Crippen molar-refractivity contribution in [3.63, 3.8) is 0 Å². The van der Waals surface area contributed by atoms with Gasteiger partial charge in [0.2, 0.25) is 0 Å². The van der Waals surface area contributed by atoms with Gasteiger partial charge in [-0.25, -0.2) is 9.97 Å². The Hall–Kier alpha value is -3.74. The number of hydrogen-bond donors (Lipinski definition) is 2. The summed E-state index contributed by atoms with van der Waals surface area (Å²) in [6, 6.07) is 14.5. The van der Waals surface area contributed by atoms with E-state index < -0.39 is 0 Å². The zero-order valence-electron chi connectivity index (χ0n) is 16.3. The molecule has 7 nitrogen and oxygen atoms in total. The second-order valence-corrected chi connectivity index (χ2v) is 6.36. The lowest BCUT2D eigenvalue weighted by molar-refractivity contribution is 0.101. The van der Waals surface area contributed by atoms with Crippen molar-refractivity contribution in [1.29, 1.82) is 0 Å². The molecule has 1 amide bonds. The number of nitrogens with one attached hydrogen (secondary N) is 2. The third-order valence-corrected chi connectivity index (χ3v) is 4.33. The molecule has 0 radical (unpaired) electrons. The monoisotopic (exact) mass is 390 g/mol. The molecule has 0 saturated carbocycles. The number of carbonyl (C=O) groups is 2. The smallest absolute Gasteiger partial charge is 0.275 e. The number of nitrogens with zero attached hydrogens (tertiary/aromatic N) is 2. The summed E-state index contributed by atoms with van der Waals surface area (Å²) in [4.78, 5) is 32.0. The first-order valence-electron chi connectivity index (χ1n) is 9.17. The van der Waals surface area contributed by atoms with Gasteiger partial charge in [0.15, 0.2) is 5.78 Å². The summed E-state index contributed by atoms with van der Waals surface area (Å²) in [6.07, 6.45) is 3.71. The lowest BCUT2D eigenvalue weighted by Gasteiger charge is -2.09. The van der Waals surface area contributed by atoms with Gasteiger partial charge in [-0.15, -0.1) is 0 Å². The van der Waals surface area contributed by atoms with Crippen LogP contribution in [0.2, 0.25) is 0 Å². The minimum Gasteiger partial charge on any atom is -0.496 e. The summed E-state index contributed by atoms with van der Waals surface area (Å²) < 4.78 is 5.34. The van der Waals surface area contributed by atoms with Crippen molar-refractivity contribution < 1.29 is 14.3 Å². The van der Waals surface area contributed by atoms with E-state index in [1.165, 1.54) is 19.3 Å². The normalized spacial score (nSPS) is 10.3. The molecule has 0 aliphatic heterocycles. The number of anilines is 2. The lowest BCUT2D eigenvalue weighted by Crippen LogP contribution is -2.15. The van der Waals surface area contributed by atoms with E-state index in [-0.39, 0.29) is 17.4 Å². The first-order valence-corrected chi connectivity index (χ1v) is 9.17. The number of carbonyl (C=O) groups excluding carboxylic acids is 2. The summed E-state index contributed by atoms with van der Waals surface area (Å²) >= 11 is 0. The fourth-order valence-electron chi connectivity index (χ4n) is 2.75. The van der Waals surface area contributed by atoms with Crippen LogP contribution in [0, 0.1) is 0 Å². The largest absolute Gasteiger partial charge is 0.496 e. The number of para-hydroxylation sites is 1. The van der Waals surface area contributed by atoms with Crippen molar-refractivity contribution in [3.8, 4) is 5.75 Å². The molecule has 7 heteroatoms. The van der Waals surface area contributed by atoms with Crippen molar-refractivity contribution in [2.75, 3.05) is 24.3 Å². The summed E-state index contributed by atoms with van der Waals surface area (Å²) in [6.45, 7) is 2.15. The Kier molecular flexibility index (Phi) is 6.52. The van der Waals surface area contributed by atoms with Crippen LogP contribution in [0.1, 0.15) is 33.3 Å². The minimum atomic E-state index is -0.367. The van der Waals surface area contributed by atoms with Gasteiger partial charge in [0, 0.05) is 17.8 Å². The number of Topliss-reactive ketones (excluding diaryl/α,β-unsaturated/α-hetero) is 1. The lowest BCUT2D eigenvalue weighted by atomic mass is 10.1. The molecule has 0 bridgehead atoms. The van der Waals surface area contributed by atoms with Gasteiger partial charge >= 0.3 is 0 Å². The van der Waals surface area contributed by atoms with Gasteiger partial charge in [-0.3, -0.25) is 9.59 Å². The Balaban J connectivity index is 1.53. The molecule has 0 spiro atoms. The SMILES string of the molecule is COc1ccccc1CCNc1cnc(C(=O)Nc2ccc(C(C)=O)cc2)cn1. The highest BCUT2D eigenvalue weighted by Gasteiger charge is 2.09. The molecule has 148 valence electrons. The van der Waals surface area contributed by atoms with E-state index in [4.69, 9.17) is 4.74 Å². The van der Waals surface area contributed by atoms with Gasteiger partial charge in [0.25, 0.3) is 5.91 Å². The van der Waals surface area contributed by atoms with E-state index >= 15 is 0 Å². The maximum atomic E-state index is 12.3. The van der Waals surface area contributed by atoms with E-state index in [2.05, 4.69) is 20.6 Å². The number of benzene rings is 2. The summed E-state index contributed by atoms with van der Waals surface area (Å²) in [5.41, 5.74) is 2.48. The number of methoxy groups -OCH3 is 1. The van der Waals surface area contributed by atoms with Crippen molar-refractivity contribution in [2.45, 2.75) is 13.3 Å². The molecule has 0 unspecified atom stereocenters. The maximum Gasteiger partial charge on any atom is 0.275 e. The van der Waals surface area contributed by atoms with E-state index in [0.717, 1.165) is 17.7 Å². The average Bonchev–Trinajstić information content (AvgIpc) is 2.75. The van der Waals surface area contributed by atoms with Crippen LogP contribution < -0.4 is 15.4 Å². The molecule has 0 fully saturated rings. The number of ether oxygens (including phenoxy) is 1. The fourth-order valence-corrected chi connectivity index (χ4v) is 2.75. The van der Waals surface area contributed by atoms with Crippen LogP contribution in [0.4, 0.5) is 11.5 Å². The molecule has 3 rings (SSSR count). The van der Waals surface area contributed by atoms with Gasteiger partial charge in [0.05, 0.1) is 19.5 Å². The molecular weight excluding hydrogens is 368 g/mol. The standard InChI is InChI=1S/C22H22N4O3/c1-15(27)16-7-9-18(10-8-16)26-22(28)19-13-25-21(14-24-19)23-12-11-17-5-3-4-6-20(17)29-2/h3-10,13-14H,11-12H2,1-2H3,(H,23,25)(H,26,28). The summed E-state index contributed by atoms with van der Waals surface area (Å²) in [5, 5.41) is 5.92. The first-order chi connectivity index (χ1) is 14.1. The molecular formula is C22H22N4O3. The molecule has 0 aliphatic carbocycles. The maximum absolute atomic E-state index is 12.3. The highest BCUT2D eigenvalue weighted by atomic mass is 16.5. The second kappa shape index (κ2) is 9.45. The van der Waals surface area contributed by atoms with Crippen LogP contribution >= 0.6 is 0 Å². The van der Waals surface area contributed by atoms with Gasteiger partial charge < -0.3 is 15.4 Å². The van der Waals surface area contributed by atoms with Crippen molar-refractivity contribution >= 4 is 23.2 Å². The van der Waals surface area contributed by atoms with Crippen LogP contribution in [-0.4, -0.2) is 35.3 Å². The van der Waals surface area contributed by atoms with Crippen LogP contribution in [0.3, 0.4) is 0 Å². The van der Waals surface area contributed by atoms with Crippen molar-refractivity contribution in [3.05, 3.63) is 77.7 Å². The number of ketones is 1. The van der Waals surface area contributed by atoms with E-state index in [1.54, 1.807) is 31.4 Å². The molecule has 1 aromatic heterocycles. The highest BCUT2D eigenvalue weighted by molar-refractivity contribution is 6.03. The molecule has 29 heavy (non-hydrogen) atoms. The topological polar surface area (TPSA) is 93.2 Å². The van der Waals surface area contributed by atoms with Crippen LogP contribution in [0.5, 0.6) is 5.75 Å². The first kappa shape index (κ1) is 20.0. The second-order valence-electron chi connectivity index (χ2n) is 6.36. The van der Waals surface area contributed by atoms with Gasteiger partial charge in [-0.1, -0.05) is 18.2 Å². The zero-order chi connectivity index (χ0) is 20.6. The Labute approximate surface area is 169 Å². The highest BCUT2D eigenvalue weighted by Crippen LogP contribution is 2.17. The molecule has 0 atom stereocenters. The van der Waals surface area contributed by atoms with Gasteiger partial charge in [-0.05, 0) is 49.2 Å². The Morgan fingerprint density at radius 2 is 1.76 bits per heavy atom. The van der Waals surface area contributed by atoms with Crippen LogP contribution in [0.25, 0.3) is 0 Å². The fraction of sp³-hybridized carbons (Fsp3) is 0.182. The average molecular weight is 390 g/mol. The van der Waals surface area contributed by atoms with Crippen LogP contribution in [-0.2, 0) is 6.42 Å². The summed E-state index contributed by atoms with van der Waals surface area (Å²) in [7, 11) is 1.65. The van der Waals surface area contributed by atoms with Crippen molar-refractivity contribution in [2.24, 2.45) is 0 Å². The predicted octanol–water partition coefficient (Wildman–Crippen LogP) is 3.59. The number of amides is 1. The third-order valence-electron chi connectivity index (χ3n) is 4.33. The minimum absolute atomic E-state index is 0.0254. The Morgan fingerprint density at radius 3 is 2.41 bits per heavy atom. The molecule has 0 aliphatic rings. The van der Waals surface area contributed by atoms with Crippen LogP contribution in [0.15, 0.2) is 60.9 Å². The van der Waals surface area contributed by atoms with Gasteiger partial charge in [-0.2, -0.15) is 0 Å². The molecule has 3 aromatic rings. The molecule has 0 saturated heterocycles. The Bertz CT molecular complexity index is 986. The van der Waals surface area contributed by atoms with E-state index in [9.17, 15) is 9.59 Å². The van der Waals surface area contributed by atoms with Crippen molar-refractivity contribution in [1.82, 2.24) is 9.97 Å². The number of hydrogen-bond acceptors (Lipinski definition) is 6. The van der Waals surface area contributed by atoms with E-state index in [1.807, 2.05) is 24.3 Å². The molecule has 1 heterocycles. The third kappa shape index (κ3) is 5.38. The number of rotatable bonds is 8. The predicted molar refractivity (Wildman–Crippen MR) is 112 cm³/mol. The van der Waals surface area contributed by atoms with Gasteiger partial charge in [0.1, 0.15) is 17.3 Å². The molecule has 2 N–H and O–H groups in total. The number of aromatic nitrogens is 2. The summed E-state index contributed by atoms with van der Waals surface area (Å²) in [5.74, 6) is 1.04.